The van der Waals surface area contributed by atoms with Crippen LogP contribution in [-0.2, 0) is 0 Å². The highest BCUT2D eigenvalue weighted by Crippen LogP contribution is 2.21. The van der Waals surface area contributed by atoms with E-state index in [0.717, 1.165) is 5.75 Å². The predicted molar refractivity (Wildman–Crippen MR) is 60.4 cm³/mol. The van der Waals surface area contributed by atoms with E-state index < -0.39 is 5.56 Å². The Morgan fingerprint density at radius 1 is 1.17 bits per heavy atom. The van der Waals surface area contributed by atoms with Crippen LogP contribution in [0.15, 0.2) is 30.3 Å². The molecule has 0 amide bonds. The van der Waals surface area contributed by atoms with Gasteiger partial charge in [0.2, 0.25) is 0 Å². The molecular formula is C8H7Cl2IO. The van der Waals surface area contributed by atoms with Gasteiger partial charge in [0.05, 0.1) is 0 Å². The summed E-state index contributed by atoms with van der Waals surface area (Å²) in [5, 5.41) is 0. The molecule has 0 fully saturated rings. The number of hydrogen-bond donors (Lipinski definition) is 0. The minimum Gasteiger partial charge on any atom is -0.472 e. The maximum absolute atomic E-state index is 5.79. The molecule has 2 atom stereocenters. The Bertz CT molecular complexity index is 228. The highest BCUT2D eigenvalue weighted by molar-refractivity contribution is 14.1. The largest absolute Gasteiger partial charge is 0.472 e. The molecule has 0 saturated heterocycles. The van der Waals surface area contributed by atoms with Crippen molar-refractivity contribution >= 4 is 45.8 Å². The third-order valence-electron chi connectivity index (χ3n) is 1.19. The molecule has 4 heteroatoms. The number of para-hydroxylation sites is 1. The SMILES string of the molecule is ClC(I)C(Cl)Oc1ccccc1. The number of rotatable bonds is 3. The third kappa shape index (κ3) is 3.37. The predicted octanol–water partition coefficient (Wildman–Crippen LogP) is 3.63. The Morgan fingerprint density at radius 2 is 1.75 bits per heavy atom. The second-order valence-corrected chi connectivity index (χ2v) is 5.10. The maximum Gasteiger partial charge on any atom is 0.197 e. The van der Waals surface area contributed by atoms with Gasteiger partial charge in [-0.3, -0.25) is 0 Å². The summed E-state index contributed by atoms with van der Waals surface area (Å²) in [5.41, 5.74) is -0.491. The molecule has 12 heavy (non-hydrogen) atoms. The Balaban J connectivity index is 2.53. The van der Waals surface area contributed by atoms with Gasteiger partial charge in [0.15, 0.2) is 5.56 Å². The van der Waals surface area contributed by atoms with Crippen molar-refractivity contribution < 1.29 is 4.74 Å². The highest BCUT2D eigenvalue weighted by Gasteiger charge is 2.13. The fourth-order valence-corrected chi connectivity index (χ4v) is 0.982. The summed E-state index contributed by atoms with van der Waals surface area (Å²) in [6, 6.07) is 9.36. The maximum atomic E-state index is 5.79. The van der Waals surface area contributed by atoms with Crippen molar-refractivity contribution in [3.63, 3.8) is 0 Å². The van der Waals surface area contributed by atoms with E-state index in [1.165, 1.54) is 0 Å². The lowest BCUT2D eigenvalue weighted by atomic mass is 10.3. The lowest BCUT2D eigenvalue weighted by molar-refractivity contribution is 0.300. The van der Waals surface area contributed by atoms with Crippen LogP contribution in [0.5, 0.6) is 5.75 Å². The molecule has 0 N–H and O–H groups in total. The highest BCUT2D eigenvalue weighted by atomic mass is 127. The summed E-state index contributed by atoms with van der Waals surface area (Å²) in [6.07, 6.45) is 0. The van der Waals surface area contributed by atoms with Crippen molar-refractivity contribution in [3.8, 4) is 5.75 Å². The van der Waals surface area contributed by atoms with Crippen LogP contribution >= 0.6 is 45.8 Å². The first-order valence-corrected chi connectivity index (χ1v) is 5.46. The summed E-state index contributed by atoms with van der Waals surface area (Å²) in [4.78, 5) is 0. The van der Waals surface area contributed by atoms with E-state index in [0.29, 0.717) is 0 Å². The van der Waals surface area contributed by atoms with Gasteiger partial charge in [-0.05, 0) is 12.1 Å². The number of halogens is 3. The van der Waals surface area contributed by atoms with Crippen LogP contribution in [0, 0.1) is 0 Å². The monoisotopic (exact) mass is 316 g/mol. The van der Waals surface area contributed by atoms with Crippen LogP contribution in [0.3, 0.4) is 0 Å². The molecule has 2 unspecified atom stereocenters. The van der Waals surface area contributed by atoms with Crippen molar-refractivity contribution in [2.75, 3.05) is 0 Å². The molecule has 0 aliphatic heterocycles. The molecule has 1 aromatic carbocycles. The fourth-order valence-electron chi connectivity index (χ4n) is 0.680. The van der Waals surface area contributed by atoms with E-state index in [1.807, 2.05) is 52.9 Å². The van der Waals surface area contributed by atoms with Crippen LogP contribution in [0.1, 0.15) is 0 Å². The molecule has 0 radical (unpaired) electrons. The number of benzene rings is 1. The molecular weight excluding hydrogens is 310 g/mol. The van der Waals surface area contributed by atoms with Gasteiger partial charge in [0.25, 0.3) is 0 Å². The standard InChI is InChI=1S/C8H7Cl2IO/c9-7(11)8(10)12-6-4-2-1-3-5-6/h1-5,7-8H. The van der Waals surface area contributed by atoms with Crippen molar-refractivity contribution in [2.45, 2.75) is 8.95 Å². The summed E-state index contributed by atoms with van der Waals surface area (Å²) in [7, 11) is 0. The molecule has 0 aromatic heterocycles. The van der Waals surface area contributed by atoms with Gasteiger partial charge in [0, 0.05) is 0 Å². The normalized spacial score (nSPS) is 15.2. The average Bonchev–Trinajstić information content (AvgIpc) is 2.06. The zero-order valence-corrected chi connectivity index (χ0v) is 9.75. The Morgan fingerprint density at radius 3 is 2.25 bits per heavy atom. The number of hydrogen-bond acceptors (Lipinski definition) is 1. The first kappa shape index (κ1) is 10.4. The average molecular weight is 317 g/mol. The molecule has 0 bridgehead atoms. The van der Waals surface area contributed by atoms with Crippen molar-refractivity contribution in [1.29, 1.82) is 0 Å². The van der Waals surface area contributed by atoms with Crippen LogP contribution in [-0.4, -0.2) is 8.95 Å². The fraction of sp³-hybridized carbons (Fsp3) is 0.250. The Kier molecular flexibility index (Phi) is 4.46. The van der Waals surface area contributed by atoms with Crippen LogP contribution in [0.4, 0.5) is 0 Å². The molecule has 1 aromatic rings. The first-order valence-electron chi connectivity index (χ1n) is 3.34. The second-order valence-electron chi connectivity index (χ2n) is 2.12. The van der Waals surface area contributed by atoms with E-state index in [-0.39, 0.29) is 3.38 Å². The van der Waals surface area contributed by atoms with Crippen LogP contribution in [0.25, 0.3) is 0 Å². The van der Waals surface area contributed by atoms with Crippen molar-refractivity contribution in [1.82, 2.24) is 0 Å². The van der Waals surface area contributed by atoms with E-state index in [4.69, 9.17) is 27.9 Å². The van der Waals surface area contributed by atoms with Gasteiger partial charge in [0.1, 0.15) is 9.13 Å². The summed E-state index contributed by atoms with van der Waals surface area (Å²) < 4.78 is 5.07. The Hall–Kier alpha value is 0.330. The summed E-state index contributed by atoms with van der Waals surface area (Å²) in [5.74, 6) is 0.736. The quantitative estimate of drug-likeness (QED) is 0.611. The topological polar surface area (TPSA) is 9.23 Å². The molecule has 0 saturated carbocycles. The summed E-state index contributed by atoms with van der Waals surface area (Å²) >= 11 is 13.5. The van der Waals surface area contributed by atoms with Crippen LogP contribution in [0.2, 0.25) is 0 Å². The number of alkyl halides is 3. The first-order chi connectivity index (χ1) is 5.70. The molecule has 0 aliphatic rings. The smallest absolute Gasteiger partial charge is 0.197 e. The zero-order valence-electron chi connectivity index (χ0n) is 6.08. The van der Waals surface area contributed by atoms with Gasteiger partial charge in [-0.1, -0.05) is 52.4 Å². The van der Waals surface area contributed by atoms with Crippen molar-refractivity contribution in [2.24, 2.45) is 0 Å². The molecule has 66 valence electrons. The van der Waals surface area contributed by atoms with E-state index in [2.05, 4.69) is 0 Å². The second kappa shape index (κ2) is 5.14. The minimum absolute atomic E-state index is 0.232. The molecule has 0 aliphatic carbocycles. The number of ether oxygens (including phenoxy) is 1. The zero-order chi connectivity index (χ0) is 8.97. The van der Waals surface area contributed by atoms with Gasteiger partial charge in [-0.15, -0.1) is 11.6 Å². The molecule has 0 heterocycles. The van der Waals surface area contributed by atoms with Gasteiger partial charge in [-0.25, -0.2) is 0 Å². The molecule has 1 rings (SSSR count). The molecule has 0 spiro atoms. The minimum atomic E-state index is -0.491. The molecule has 1 nitrogen and oxygen atoms in total. The van der Waals surface area contributed by atoms with Gasteiger partial charge < -0.3 is 4.74 Å². The lowest BCUT2D eigenvalue weighted by Crippen LogP contribution is -2.15. The van der Waals surface area contributed by atoms with Crippen LogP contribution < -0.4 is 4.74 Å². The van der Waals surface area contributed by atoms with E-state index >= 15 is 0 Å². The van der Waals surface area contributed by atoms with E-state index in [1.54, 1.807) is 0 Å². The van der Waals surface area contributed by atoms with Gasteiger partial charge >= 0.3 is 0 Å². The Labute approximate surface area is 95.1 Å². The van der Waals surface area contributed by atoms with Crippen molar-refractivity contribution in [3.05, 3.63) is 30.3 Å². The lowest BCUT2D eigenvalue weighted by Gasteiger charge is -2.12. The third-order valence-corrected chi connectivity index (χ3v) is 2.97. The van der Waals surface area contributed by atoms with E-state index in [9.17, 15) is 0 Å². The summed E-state index contributed by atoms with van der Waals surface area (Å²) in [6.45, 7) is 0. The van der Waals surface area contributed by atoms with Gasteiger partial charge in [-0.2, -0.15) is 0 Å².